The van der Waals surface area contributed by atoms with Gasteiger partial charge < -0.3 is 10.1 Å². The summed E-state index contributed by atoms with van der Waals surface area (Å²) in [5, 5.41) is 3.72. The van der Waals surface area contributed by atoms with Crippen LogP contribution in [0.2, 0.25) is 0 Å². The van der Waals surface area contributed by atoms with Crippen molar-refractivity contribution in [2.75, 3.05) is 13.7 Å². The van der Waals surface area contributed by atoms with Gasteiger partial charge in [-0.2, -0.15) is 0 Å². The number of methoxy groups -OCH3 is 1. The molecule has 0 amide bonds. The predicted octanol–water partition coefficient (Wildman–Crippen LogP) is 4.10. The maximum absolute atomic E-state index is 5.88. The first-order valence-electron chi connectivity index (χ1n) is 8.07. The molecule has 1 N–H and O–H groups in total. The Hall–Kier alpha value is -0.0800. The van der Waals surface area contributed by atoms with E-state index in [0.29, 0.717) is 6.04 Å². The van der Waals surface area contributed by atoms with E-state index in [1.54, 1.807) is 0 Å². The molecule has 0 aromatic rings. The second kappa shape index (κ2) is 7.08. The molecule has 19 heavy (non-hydrogen) atoms. The zero-order valence-corrected chi connectivity index (χ0v) is 14.1. The molecule has 2 nitrogen and oxygen atoms in total. The van der Waals surface area contributed by atoms with E-state index in [1.807, 2.05) is 7.11 Å². The lowest BCUT2D eigenvalue weighted by Gasteiger charge is -2.44. The molecule has 1 saturated carbocycles. The molecule has 0 aliphatic heterocycles. The predicted molar refractivity (Wildman–Crippen MR) is 83.4 cm³/mol. The first-order valence-corrected chi connectivity index (χ1v) is 8.07. The third kappa shape index (κ3) is 4.46. The first kappa shape index (κ1) is 17.0. The molecule has 0 saturated heterocycles. The molecule has 0 spiro atoms. The Bertz CT molecular complexity index is 258. The zero-order valence-electron chi connectivity index (χ0n) is 14.1. The number of nitrogens with one attached hydrogen (secondary N) is 1. The summed E-state index contributed by atoms with van der Waals surface area (Å²) in [6.45, 7) is 14.9. The van der Waals surface area contributed by atoms with E-state index in [-0.39, 0.29) is 11.5 Å². The summed E-state index contributed by atoms with van der Waals surface area (Å²) in [6.07, 6.45) is 4.35. The fourth-order valence-electron chi connectivity index (χ4n) is 3.71. The minimum Gasteiger partial charge on any atom is -0.379 e. The van der Waals surface area contributed by atoms with E-state index >= 15 is 0 Å². The lowest BCUT2D eigenvalue weighted by atomic mass is 9.69. The molecule has 5 atom stereocenters. The highest BCUT2D eigenvalue weighted by molar-refractivity contribution is 4.93. The summed E-state index contributed by atoms with van der Waals surface area (Å²) < 4.78 is 5.88. The highest BCUT2D eigenvalue weighted by atomic mass is 16.5. The van der Waals surface area contributed by atoms with Crippen LogP contribution in [0, 0.1) is 23.2 Å². The molecule has 0 bridgehead atoms. The van der Waals surface area contributed by atoms with Crippen LogP contribution in [-0.4, -0.2) is 25.8 Å². The maximum atomic E-state index is 5.88. The van der Waals surface area contributed by atoms with E-state index in [4.69, 9.17) is 4.74 Å². The highest BCUT2D eigenvalue weighted by Gasteiger charge is 2.39. The monoisotopic (exact) mass is 269 g/mol. The van der Waals surface area contributed by atoms with Crippen LogP contribution in [0.1, 0.15) is 60.8 Å². The van der Waals surface area contributed by atoms with Gasteiger partial charge in [-0.3, -0.25) is 0 Å². The molecule has 0 aromatic carbocycles. The van der Waals surface area contributed by atoms with Gasteiger partial charge in [0.05, 0.1) is 6.10 Å². The minimum absolute atomic E-state index is 0.188. The van der Waals surface area contributed by atoms with Crippen LogP contribution in [0.5, 0.6) is 0 Å². The Morgan fingerprint density at radius 2 is 1.79 bits per heavy atom. The summed E-state index contributed by atoms with van der Waals surface area (Å²) in [5.74, 6) is 2.49. The molecule has 0 radical (unpaired) electrons. The Kier molecular flexibility index (Phi) is 6.32. The largest absolute Gasteiger partial charge is 0.379 e. The van der Waals surface area contributed by atoms with Crippen molar-refractivity contribution in [3.8, 4) is 0 Å². The van der Waals surface area contributed by atoms with Crippen LogP contribution in [0.15, 0.2) is 0 Å². The van der Waals surface area contributed by atoms with Gasteiger partial charge in [-0.25, -0.2) is 0 Å². The van der Waals surface area contributed by atoms with Crippen molar-refractivity contribution in [1.82, 2.24) is 5.32 Å². The number of rotatable bonds is 5. The smallest absolute Gasteiger partial charge is 0.0775 e. The van der Waals surface area contributed by atoms with E-state index < -0.39 is 0 Å². The molecule has 5 unspecified atom stereocenters. The molecule has 114 valence electrons. The molecule has 1 fully saturated rings. The maximum Gasteiger partial charge on any atom is 0.0775 e. The van der Waals surface area contributed by atoms with Gasteiger partial charge in [0.25, 0.3) is 0 Å². The van der Waals surface area contributed by atoms with Crippen molar-refractivity contribution in [2.24, 2.45) is 23.2 Å². The van der Waals surface area contributed by atoms with Crippen molar-refractivity contribution in [3.05, 3.63) is 0 Å². The normalized spacial score (nSPS) is 32.1. The number of hydrogen-bond acceptors (Lipinski definition) is 2. The molecular weight excluding hydrogens is 234 g/mol. The van der Waals surface area contributed by atoms with Crippen molar-refractivity contribution in [3.63, 3.8) is 0 Å². The van der Waals surface area contributed by atoms with Crippen molar-refractivity contribution in [1.29, 1.82) is 0 Å². The minimum atomic E-state index is 0.188. The first-order chi connectivity index (χ1) is 8.81. The van der Waals surface area contributed by atoms with Crippen molar-refractivity contribution < 1.29 is 4.74 Å². The average molecular weight is 269 g/mol. The van der Waals surface area contributed by atoms with Crippen LogP contribution < -0.4 is 5.32 Å². The Labute approximate surface area is 120 Å². The fraction of sp³-hybridized carbons (Fsp3) is 1.00. The Morgan fingerprint density at radius 1 is 1.16 bits per heavy atom. The average Bonchev–Trinajstić information content (AvgIpc) is 2.31. The van der Waals surface area contributed by atoms with Crippen molar-refractivity contribution >= 4 is 0 Å². The third-order valence-electron chi connectivity index (χ3n) is 5.02. The van der Waals surface area contributed by atoms with Crippen LogP contribution in [-0.2, 0) is 4.74 Å². The van der Waals surface area contributed by atoms with E-state index in [1.165, 1.54) is 19.3 Å². The Balaban J connectivity index is 2.81. The van der Waals surface area contributed by atoms with Crippen LogP contribution in [0.4, 0.5) is 0 Å². The van der Waals surface area contributed by atoms with E-state index in [2.05, 4.69) is 46.9 Å². The van der Waals surface area contributed by atoms with Gasteiger partial charge in [-0.1, -0.05) is 48.0 Å². The number of likely N-dealkylation sites (N-methyl/N-ethyl adjacent to an activating group) is 1. The van der Waals surface area contributed by atoms with Crippen molar-refractivity contribution in [2.45, 2.75) is 73.0 Å². The van der Waals surface area contributed by atoms with Gasteiger partial charge in [0, 0.05) is 13.2 Å². The molecule has 1 aliphatic rings. The molecule has 0 heterocycles. The summed E-state index contributed by atoms with van der Waals surface area (Å²) in [7, 11) is 1.87. The molecule has 1 aliphatic carbocycles. The molecular formula is C17H35NO. The highest BCUT2D eigenvalue weighted by Crippen LogP contribution is 2.38. The quantitative estimate of drug-likeness (QED) is 0.811. The van der Waals surface area contributed by atoms with Gasteiger partial charge in [0.15, 0.2) is 0 Å². The molecule has 2 heteroatoms. The SMILES string of the molecule is CCNC(C1CCC(C)C(C)C1)C(OC)C(C)(C)C. The Morgan fingerprint density at radius 3 is 2.21 bits per heavy atom. The lowest BCUT2D eigenvalue weighted by Crippen LogP contribution is -2.53. The molecule has 1 rings (SSSR count). The lowest BCUT2D eigenvalue weighted by molar-refractivity contribution is -0.0357. The second-order valence-electron chi connectivity index (χ2n) is 7.63. The van der Waals surface area contributed by atoms with E-state index in [0.717, 1.165) is 24.3 Å². The van der Waals surface area contributed by atoms with Crippen LogP contribution in [0.25, 0.3) is 0 Å². The topological polar surface area (TPSA) is 21.3 Å². The van der Waals surface area contributed by atoms with Gasteiger partial charge in [0.1, 0.15) is 0 Å². The number of ether oxygens (including phenoxy) is 1. The summed E-state index contributed by atoms with van der Waals surface area (Å²) >= 11 is 0. The van der Waals surface area contributed by atoms with Gasteiger partial charge >= 0.3 is 0 Å². The van der Waals surface area contributed by atoms with Gasteiger partial charge in [-0.05, 0) is 42.6 Å². The molecule has 0 aromatic heterocycles. The van der Waals surface area contributed by atoms with Crippen LogP contribution >= 0.6 is 0 Å². The summed E-state index contributed by atoms with van der Waals surface area (Å²) in [5.41, 5.74) is 0.188. The van der Waals surface area contributed by atoms with E-state index in [9.17, 15) is 0 Å². The van der Waals surface area contributed by atoms with Gasteiger partial charge in [-0.15, -0.1) is 0 Å². The van der Waals surface area contributed by atoms with Crippen LogP contribution in [0.3, 0.4) is 0 Å². The zero-order chi connectivity index (χ0) is 14.6. The summed E-state index contributed by atoms with van der Waals surface area (Å²) in [6, 6.07) is 0.491. The summed E-state index contributed by atoms with van der Waals surface area (Å²) in [4.78, 5) is 0. The number of hydrogen-bond donors (Lipinski definition) is 1. The second-order valence-corrected chi connectivity index (χ2v) is 7.63. The standard InChI is InChI=1S/C17H35NO/c1-8-18-15(16(19-7)17(4,5)6)14-10-9-12(2)13(3)11-14/h12-16,18H,8-11H2,1-7H3. The third-order valence-corrected chi connectivity index (χ3v) is 5.02. The van der Waals surface area contributed by atoms with Gasteiger partial charge in [0.2, 0.25) is 0 Å². The fourth-order valence-corrected chi connectivity index (χ4v) is 3.71.